The van der Waals surface area contributed by atoms with E-state index in [2.05, 4.69) is 20.6 Å². The van der Waals surface area contributed by atoms with Crippen molar-refractivity contribution in [1.82, 2.24) is 20.6 Å². The number of carbonyl (C=O) groups excluding carboxylic acids is 2. The van der Waals surface area contributed by atoms with Gasteiger partial charge in [-0.05, 0) is 23.3 Å². The van der Waals surface area contributed by atoms with Crippen molar-refractivity contribution in [2.75, 3.05) is 0 Å². The smallest absolute Gasteiger partial charge is 0.326 e. The number of carboxylic acids is 2. The van der Waals surface area contributed by atoms with Crippen molar-refractivity contribution in [3.63, 3.8) is 0 Å². The fraction of sp³-hybridized carbons (Fsp3) is 0.231. The number of carbonyl (C=O) groups is 4. The lowest BCUT2D eigenvalue weighted by atomic mass is 10.1. The molecular formula is C26H28N4O6. The zero-order valence-corrected chi connectivity index (χ0v) is 19.9. The van der Waals surface area contributed by atoms with Crippen LogP contribution in [-0.2, 0) is 32.0 Å². The third kappa shape index (κ3) is 6.72. The second kappa shape index (κ2) is 11.7. The minimum absolute atomic E-state index is 0.263. The summed E-state index contributed by atoms with van der Waals surface area (Å²) in [4.78, 5) is 50.2. The highest BCUT2D eigenvalue weighted by Crippen LogP contribution is 2.20. The van der Waals surface area contributed by atoms with E-state index in [0.29, 0.717) is 0 Å². The van der Waals surface area contributed by atoms with E-state index in [0.717, 1.165) is 32.9 Å². The number of benzene rings is 2. The molecule has 2 atom stereocenters. The second-order valence-electron chi connectivity index (χ2n) is 8.31. The van der Waals surface area contributed by atoms with Gasteiger partial charge in [0, 0.05) is 60.9 Å². The Morgan fingerprint density at radius 3 is 1.39 bits per heavy atom. The molecule has 0 spiro atoms. The van der Waals surface area contributed by atoms with E-state index < -0.39 is 24.0 Å². The Balaban J connectivity index is 0.000000201. The van der Waals surface area contributed by atoms with E-state index in [1.54, 1.807) is 12.4 Å². The average molecular weight is 493 g/mol. The normalized spacial score (nSPS) is 12.3. The van der Waals surface area contributed by atoms with Crippen LogP contribution in [0.15, 0.2) is 60.9 Å². The maximum atomic E-state index is 11.1. The molecule has 2 aromatic heterocycles. The quantitative estimate of drug-likeness (QED) is 0.221. The fourth-order valence-corrected chi connectivity index (χ4v) is 3.93. The number of rotatable bonds is 8. The van der Waals surface area contributed by atoms with Gasteiger partial charge in [-0.3, -0.25) is 9.59 Å². The van der Waals surface area contributed by atoms with E-state index >= 15 is 0 Å². The highest BCUT2D eigenvalue weighted by atomic mass is 16.4. The number of hydrogen-bond donors (Lipinski definition) is 6. The maximum Gasteiger partial charge on any atom is 0.326 e. The molecule has 0 saturated carbocycles. The predicted molar refractivity (Wildman–Crippen MR) is 134 cm³/mol. The number of amides is 2. The lowest BCUT2D eigenvalue weighted by Gasteiger charge is -2.12. The van der Waals surface area contributed by atoms with Crippen LogP contribution < -0.4 is 10.6 Å². The molecule has 36 heavy (non-hydrogen) atoms. The second-order valence-corrected chi connectivity index (χ2v) is 8.31. The summed E-state index contributed by atoms with van der Waals surface area (Å²) in [6, 6.07) is 13.5. The highest BCUT2D eigenvalue weighted by Gasteiger charge is 2.21. The molecule has 6 N–H and O–H groups in total. The van der Waals surface area contributed by atoms with Crippen molar-refractivity contribution in [2.45, 2.75) is 38.8 Å². The van der Waals surface area contributed by atoms with Crippen molar-refractivity contribution in [3.05, 3.63) is 72.1 Å². The van der Waals surface area contributed by atoms with Crippen molar-refractivity contribution in [2.24, 2.45) is 0 Å². The molecule has 10 nitrogen and oxygen atoms in total. The molecule has 188 valence electrons. The van der Waals surface area contributed by atoms with Crippen LogP contribution in [0.1, 0.15) is 25.0 Å². The highest BCUT2D eigenvalue weighted by molar-refractivity contribution is 5.87. The maximum absolute atomic E-state index is 11.1. The number of aromatic nitrogens is 2. The first-order valence-corrected chi connectivity index (χ1v) is 11.3. The molecule has 0 aliphatic heterocycles. The lowest BCUT2D eigenvalue weighted by molar-refractivity contribution is -0.141. The first-order valence-electron chi connectivity index (χ1n) is 11.3. The molecule has 2 aromatic carbocycles. The Kier molecular flexibility index (Phi) is 8.45. The fourth-order valence-electron chi connectivity index (χ4n) is 3.93. The molecule has 0 bridgehead atoms. The molecule has 10 heteroatoms. The average Bonchev–Trinajstić information content (AvgIpc) is 3.42. The van der Waals surface area contributed by atoms with Gasteiger partial charge in [0.2, 0.25) is 11.8 Å². The van der Waals surface area contributed by atoms with E-state index in [4.69, 9.17) is 10.2 Å². The Bertz CT molecular complexity index is 1280. The standard InChI is InChI=1S/2C13H14N2O3/c2*1-8(16)15-12(13(17)18)6-9-7-14-11-5-3-2-4-10(9)11/h2*2-5,7,12,14H,6H2,1H3,(H,15,16)(H,17,18). The van der Waals surface area contributed by atoms with Gasteiger partial charge in [0.1, 0.15) is 12.1 Å². The number of aliphatic carboxylic acids is 2. The van der Waals surface area contributed by atoms with Crippen LogP contribution in [0.4, 0.5) is 0 Å². The molecule has 2 amide bonds. The molecule has 4 aromatic rings. The minimum atomic E-state index is -1.03. The summed E-state index contributed by atoms with van der Waals surface area (Å²) < 4.78 is 0. The van der Waals surface area contributed by atoms with Gasteiger partial charge < -0.3 is 30.8 Å². The van der Waals surface area contributed by atoms with Gasteiger partial charge in [-0.15, -0.1) is 0 Å². The van der Waals surface area contributed by atoms with Crippen LogP contribution in [0, 0.1) is 0 Å². The number of fused-ring (bicyclic) bond motifs is 2. The number of carboxylic acid groups (broad SMARTS) is 2. The largest absolute Gasteiger partial charge is 0.480 e. The Morgan fingerprint density at radius 1 is 0.694 bits per heavy atom. The predicted octanol–water partition coefficient (Wildman–Crippen LogP) is 2.60. The van der Waals surface area contributed by atoms with Crippen molar-refractivity contribution < 1.29 is 29.4 Å². The van der Waals surface area contributed by atoms with Gasteiger partial charge in [0.15, 0.2) is 0 Å². The third-order valence-electron chi connectivity index (χ3n) is 5.55. The van der Waals surface area contributed by atoms with Crippen LogP contribution in [0.3, 0.4) is 0 Å². The zero-order chi connectivity index (χ0) is 26.2. The van der Waals surface area contributed by atoms with Crippen LogP contribution in [0.2, 0.25) is 0 Å². The number of hydrogen-bond acceptors (Lipinski definition) is 4. The van der Waals surface area contributed by atoms with Crippen LogP contribution >= 0.6 is 0 Å². The molecule has 0 fully saturated rings. The summed E-state index contributed by atoms with van der Waals surface area (Å²) in [7, 11) is 0. The molecular weight excluding hydrogens is 464 g/mol. The summed E-state index contributed by atoms with van der Waals surface area (Å²) in [6.45, 7) is 2.62. The van der Waals surface area contributed by atoms with Crippen molar-refractivity contribution in [3.8, 4) is 0 Å². The summed E-state index contributed by atoms with van der Waals surface area (Å²) in [5.41, 5.74) is 3.68. The molecule has 0 aliphatic rings. The Morgan fingerprint density at radius 2 is 1.06 bits per heavy atom. The van der Waals surface area contributed by atoms with Crippen LogP contribution in [-0.4, -0.2) is 56.0 Å². The SMILES string of the molecule is CC(=O)NC(Cc1c[nH]c2ccccc12)C(=O)O.CC(=O)NC(Cc1c[nH]c2ccccc12)C(=O)O. The van der Waals surface area contributed by atoms with Gasteiger partial charge in [0.25, 0.3) is 0 Å². The monoisotopic (exact) mass is 492 g/mol. The first-order chi connectivity index (χ1) is 17.2. The Labute approximate surface area is 206 Å². The number of nitrogens with one attached hydrogen (secondary N) is 4. The van der Waals surface area contributed by atoms with Gasteiger partial charge in [-0.1, -0.05) is 36.4 Å². The molecule has 2 heterocycles. The van der Waals surface area contributed by atoms with Gasteiger partial charge in [0.05, 0.1) is 0 Å². The van der Waals surface area contributed by atoms with Crippen molar-refractivity contribution >= 4 is 45.6 Å². The molecule has 0 aliphatic carbocycles. The van der Waals surface area contributed by atoms with Crippen molar-refractivity contribution in [1.29, 1.82) is 0 Å². The zero-order valence-electron chi connectivity index (χ0n) is 19.9. The van der Waals surface area contributed by atoms with E-state index in [1.807, 2.05) is 48.5 Å². The lowest BCUT2D eigenvalue weighted by Crippen LogP contribution is -2.41. The van der Waals surface area contributed by atoms with Crippen LogP contribution in [0.5, 0.6) is 0 Å². The van der Waals surface area contributed by atoms with E-state index in [-0.39, 0.29) is 24.7 Å². The van der Waals surface area contributed by atoms with Crippen LogP contribution in [0.25, 0.3) is 21.8 Å². The first kappa shape index (κ1) is 26.0. The number of H-pyrrole nitrogens is 2. The van der Waals surface area contributed by atoms with Gasteiger partial charge in [-0.25, -0.2) is 9.59 Å². The summed E-state index contributed by atoms with van der Waals surface area (Å²) >= 11 is 0. The molecule has 4 rings (SSSR count). The van der Waals surface area contributed by atoms with E-state index in [9.17, 15) is 19.2 Å². The molecule has 0 radical (unpaired) electrons. The summed E-state index contributed by atoms with van der Waals surface area (Å²) in [6.07, 6.45) is 4.09. The van der Waals surface area contributed by atoms with Gasteiger partial charge in [-0.2, -0.15) is 0 Å². The Hall–Kier alpha value is -4.60. The molecule has 0 saturated heterocycles. The topological polar surface area (TPSA) is 164 Å². The van der Waals surface area contributed by atoms with Gasteiger partial charge >= 0.3 is 11.9 Å². The third-order valence-corrected chi connectivity index (χ3v) is 5.55. The molecule has 2 unspecified atom stereocenters. The summed E-state index contributed by atoms with van der Waals surface area (Å²) in [5, 5.41) is 25.0. The minimum Gasteiger partial charge on any atom is -0.480 e. The number of aromatic amines is 2. The number of para-hydroxylation sites is 2. The van der Waals surface area contributed by atoms with E-state index in [1.165, 1.54) is 13.8 Å². The summed E-state index contributed by atoms with van der Waals surface area (Å²) in [5.74, 6) is -2.75.